The van der Waals surface area contributed by atoms with Crippen LogP contribution in [0.3, 0.4) is 0 Å². The lowest BCUT2D eigenvalue weighted by Crippen LogP contribution is -2.28. The fourth-order valence-corrected chi connectivity index (χ4v) is 2.22. The highest BCUT2D eigenvalue weighted by Crippen LogP contribution is 2.24. The number of pyridine rings is 1. The van der Waals surface area contributed by atoms with Gasteiger partial charge in [0, 0.05) is 12.7 Å². The molecule has 3 aromatic heterocycles. The van der Waals surface area contributed by atoms with Gasteiger partial charge in [0.2, 0.25) is 0 Å². The molecule has 0 radical (unpaired) electrons. The van der Waals surface area contributed by atoms with Crippen LogP contribution in [-0.2, 0) is 7.05 Å². The van der Waals surface area contributed by atoms with Crippen LogP contribution in [0.2, 0.25) is 5.15 Å². The molecule has 2 N–H and O–H groups in total. The van der Waals surface area contributed by atoms with Crippen LogP contribution in [0.15, 0.2) is 21.7 Å². The van der Waals surface area contributed by atoms with E-state index in [4.69, 9.17) is 11.6 Å². The molecule has 0 atom stereocenters. The number of aryl methyl sites for hydroxylation is 2. The summed E-state index contributed by atoms with van der Waals surface area (Å²) >= 11 is 6.08. The summed E-state index contributed by atoms with van der Waals surface area (Å²) in [4.78, 5) is 36.7. The van der Waals surface area contributed by atoms with Crippen LogP contribution < -0.4 is 11.2 Å². The maximum atomic E-state index is 11.7. The molecule has 102 valence electrons. The second-order valence-electron chi connectivity index (χ2n) is 4.39. The van der Waals surface area contributed by atoms with E-state index in [1.807, 2.05) is 6.92 Å². The van der Waals surface area contributed by atoms with E-state index in [1.54, 1.807) is 12.1 Å². The van der Waals surface area contributed by atoms with Crippen molar-refractivity contribution in [2.24, 2.45) is 7.05 Å². The minimum atomic E-state index is -0.520. The lowest BCUT2D eigenvalue weighted by molar-refractivity contribution is 0.832. The monoisotopic (exact) mass is 291 g/mol. The van der Waals surface area contributed by atoms with E-state index in [1.165, 1.54) is 11.6 Å². The van der Waals surface area contributed by atoms with Crippen LogP contribution in [0.5, 0.6) is 0 Å². The zero-order valence-corrected chi connectivity index (χ0v) is 11.4. The van der Waals surface area contributed by atoms with Gasteiger partial charge in [-0.2, -0.15) is 0 Å². The van der Waals surface area contributed by atoms with Crippen molar-refractivity contribution < 1.29 is 0 Å². The summed E-state index contributed by atoms with van der Waals surface area (Å²) in [5, 5.41) is 0.283. The number of nitrogens with zero attached hydrogens (tertiary/aromatic N) is 3. The maximum Gasteiger partial charge on any atom is 0.329 e. The van der Waals surface area contributed by atoms with Gasteiger partial charge in [0.25, 0.3) is 5.56 Å². The number of aromatic amines is 2. The van der Waals surface area contributed by atoms with Crippen molar-refractivity contribution in [1.82, 2.24) is 24.5 Å². The van der Waals surface area contributed by atoms with Crippen LogP contribution in [-0.4, -0.2) is 24.5 Å². The first-order chi connectivity index (χ1) is 9.47. The molecule has 8 heteroatoms. The molecule has 0 aliphatic heterocycles. The lowest BCUT2D eigenvalue weighted by atomic mass is 10.2. The van der Waals surface area contributed by atoms with Crippen molar-refractivity contribution in [3.05, 3.63) is 43.8 Å². The Morgan fingerprint density at radius 3 is 2.65 bits per heavy atom. The smallest absolute Gasteiger partial charge is 0.329 e. The highest BCUT2D eigenvalue weighted by atomic mass is 35.5. The third-order valence-corrected chi connectivity index (χ3v) is 3.29. The second kappa shape index (κ2) is 4.31. The predicted molar refractivity (Wildman–Crippen MR) is 74.9 cm³/mol. The van der Waals surface area contributed by atoms with Crippen molar-refractivity contribution in [1.29, 1.82) is 0 Å². The molecule has 0 amide bonds. The normalized spacial score (nSPS) is 11.2. The number of rotatable bonds is 1. The van der Waals surface area contributed by atoms with Gasteiger partial charge in [-0.15, -0.1) is 0 Å². The molecule has 0 saturated heterocycles. The Hall–Kier alpha value is -2.41. The third kappa shape index (κ3) is 1.83. The highest BCUT2D eigenvalue weighted by Gasteiger charge is 2.14. The van der Waals surface area contributed by atoms with E-state index >= 15 is 0 Å². The predicted octanol–water partition coefficient (Wildman–Crippen LogP) is 0.974. The highest BCUT2D eigenvalue weighted by molar-refractivity contribution is 6.32. The fourth-order valence-electron chi connectivity index (χ4n) is 1.93. The third-order valence-electron chi connectivity index (χ3n) is 3.00. The van der Waals surface area contributed by atoms with E-state index < -0.39 is 11.2 Å². The SMILES string of the molecule is Cc1ccc(-c2nc3c([nH]2)c(=O)[nH]c(=O)n3C)c(Cl)n1. The molecule has 3 heterocycles. The van der Waals surface area contributed by atoms with Crippen molar-refractivity contribution in [2.45, 2.75) is 6.92 Å². The molecule has 0 fully saturated rings. The molecule has 0 aliphatic rings. The van der Waals surface area contributed by atoms with Crippen molar-refractivity contribution in [2.75, 3.05) is 0 Å². The van der Waals surface area contributed by atoms with E-state index in [-0.39, 0.29) is 16.3 Å². The van der Waals surface area contributed by atoms with Crippen LogP contribution >= 0.6 is 11.6 Å². The van der Waals surface area contributed by atoms with E-state index in [0.29, 0.717) is 11.4 Å². The quantitative estimate of drug-likeness (QED) is 0.653. The summed E-state index contributed by atoms with van der Waals surface area (Å²) in [6, 6.07) is 3.55. The first kappa shape index (κ1) is 12.6. The van der Waals surface area contributed by atoms with Crippen LogP contribution in [0.1, 0.15) is 5.69 Å². The van der Waals surface area contributed by atoms with E-state index in [9.17, 15) is 9.59 Å². The number of aromatic nitrogens is 5. The van der Waals surface area contributed by atoms with Gasteiger partial charge < -0.3 is 4.98 Å². The number of H-pyrrole nitrogens is 2. The lowest BCUT2D eigenvalue weighted by Gasteiger charge is -2.00. The molecule has 0 saturated carbocycles. The first-order valence-electron chi connectivity index (χ1n) is 5.80. The number of halogens is 1. The molecule has 0 aliphatic carbocycles. The van der Waals surface area contributed by atoms with Crippen molar-refractivity contribution in [3.8, 4) is 11.4 Å². The average molecular weight is 292 g/mol. The topological polar surface area (TPSA) is 96.4 Å². The Labute approximate surface area is 117 Å². The Bertz CT molecular complexity index is 937. The minimum absolute atomic E-state index is 0.221. The molecule has 3 aromatic rings. The standard InChI is InChI=1S/C12H10ClN5O2/c1-5-3-4-6(8(13)14-5)9-15-7-10(16-9)18(2)12(20)17-11(7)19/h3-4H,1-2H3,(H,15,16)(H,17,19,20). The number of hydrogen-bond donors (Lipinski definition) is 2. The van der Waals surface area contributed by atoms with E-state index in [2.05, 4.69) is 19.9 Å². The molecule has 7 nitrogen and oxygen atoms in total. The van der Waals surface area contributed by atoms with Crippen LogP contribution in [0.25, 0.3) is 22.6 Å². The number of hydrogen-bond acceptors (Lipinski definition) is 4. The number of nitrogens with one attached hydrogen (secondary N) is 2. The summed E-state index contributed by atoms with van der Waals surface area (Å²) in [5.74, 6) is 0.393. The summed E-state index contributed by atoms with van der Waals surface area (Å²) in [6.45, 7) is 1.82. The summed E-state index contributed by atoms with van der Waals surface area (Å²) < 4.78 is 1.26. The van der Waals surface area contributed by atoms with E-state index in [0.717, 1.165) is 5.69 Å². The largest absolute Gasteiger partial charge is 0.332 e. The molecule has 20 heavy (non-hydrogen) atoms. The average Bonchev–Trinajstić information content (AvgIpc) is 2.81. The van der Waals surface area contributed by atoms with Gasteiger partial charge in [0.05, 0.1) is 5.56 Å². The number of fused-ring (bicyclic) bond motifs is 1. The molecule has 3 rings (SSSR count). The zero-order chi connectivity index (χ0) is 14.4. The van der Waals surface area contributed by atoms with Gasteiger partial charge >= 0.3 is 5.69 Å². The van der Waals surface area contributed by atoms with Crippen molar-refractivity contribution >= 4 is 22.8 Å². The summed E-state index contributed by atoms with van der Waals surface area (Å²) in [6.07, 6.45) is 0. The van der Waals surface area contributed by atoms with Crippen molar-refractivity contribution in [3.63, 3.8) is 0 Å². The maximum absolute atomic E-state index is 11.7. The van der Waals surface area contributed by atoms with Crippen LogP contribution in [0, 0.1) is 6.92 Å². The van der Waals surface area contributed by atoms with Gasteiger partial charge in [-0.3, -0.25) is 14.3 Å². The number of imidazole rings is 1. The Balaban J connectivity index is 2.34. The van der Waals surface area contributed by atoms with Gasteiger partial charge in [-0.1, -0.05) is 11.6 Å². The second-order valence-corrected chi connectivity index (χ2v) is 4.75. The zero-order valence-electron chi connectivity index (χ0n) is 10.7. The molecule has 0 bridgehead atoms. The minimum Gasteiger partial charge on any atom is -0.332 e. The molecule has 0 unspecified atom stereocenters. The van der Waals surface area contributed by atoms with Gasteiger partial charge in [0.1, 0.15) is 16.5 Å². The Morgan fingerprint density at radius 1 is 1.20 bits per heavy atom. The summed E-state index contributed by atoms with van der Waals surface area (Å²) in [7, 11) is 1.53. The summed E-state index contributed by atoms with van der Waals surface area (Å²) in [5.41, 5.74) is 0.802. The van der Waals surface area contributed by atoms with Gasteiger partial charge in [-0.05, 0) is 19.1 Å². The fraction of sp³-hybridized carbons (Fsp3) is 0.167. The van der Waals surface area contributed by atoms with Crippen LogP contribution in [0.4, 0.5) is 0 Å². The Kier molecular flexibility index (Phi) is 2.72. The molecule has 0 aromatic carbocycles. The van der Waals surface area contributed by atoms with Gasteiger partial charge in [-0.25, -0.2) is 14.8 Å². The molecular formula is C12H10ClN5O2. The molecular weight excluding hydrogens is 282 g/mol. The Morgan fingerprint density at radius 2 is 1.95 bits per heavy atom. The first-order valence-corrected chi connectivity index (χ1v) is 6.17. The molecule has 0 spiro atoms. The van der Waals surface area contributed by atoms with Gasteiger partial charge in [0.15, 0.2) is 5.65 Å².